The molecule has 0 aliphatic heterocycles. The Kier molecular flexibility index (Phi) is 3.94. The fourth-order valence-electron chi connectivity index (χ4n) is 2.90. The molecular weight excluding hydrogens is 270 g/mol. The van der Waals surface area contributed by atoms with Crippen molar-refractivity contribution in [3.05, 3.63) is 41.8 Å². The molecular formula is C15H17N3O3. The van der Waals surface area contributed by atoms with E-state index in [4.69, 9.17) is 4.52 Å². The van der Waals surface area contributed by atoms with Gasteiger partial charge in [-0.25, -0.2) is 0 Å². The predicted molar refractivity (Wildman–Crippen MR) is 73.7 cm³/mol. The van der Waals surface area contributed by atoms with Crippen molar-refractivity contribution in [1.29, 1.82) is 0 Å². The largest absolute Gasteiger partial charge is 0.481 e. The fraction of sp³-hybridized carbons (Fsp3) is 0.467. The van der Waals surface area contributed by atoms with Gasteiger partial charge < -0.3 is 9.63 Å². The Labute approximate surface area is 122 Å². The molecule has 6 nitrogen and oxygen atoms in total. The van der Waals surface area contributed by atoms with E-state index in [1.54, 1.807) is 12.4 Å². The van der Waals surface area contributed by atoms with Crippen molar-refractivity contribution < 1.29 is 14.4 Å². The maximum Gasteiger partial charge on any atom is 0.307 e. The Morgan fingerprint density at radius 1 is 1.38 bits per heavy atom. The Balaban J connectivity index is 1.76. The van der Waals surface area contributed by atoms with Crippen molar-refractivity contribution in [3.8, 4) is 0 Å². The number of nitrogens with zero attached hydrogens (tertiary/aromatic N) is 3. The molecule has 0 spiro atoms. The molecule has 1 aliphatic rings. The average molecular weight is 287 g/mol. The number of aliphatic carboxylic acids is 1. The van der Waals surface area contributed by atoms with E-state index in [-0.39, 0.29) is 5.92 Å². The van der Waals surface area contributed by atoms with Gasteiger partial charge in [0, 0.05) is 18.8 Å². The molecule has 1 saturated carbocycles. The lowest BCUT2D eigenvalue weighted by atomic mass is 9.79. The van der Waals surface area contributed by atoms with Gasteiger partial charge >= 0.3 is 5.97 Å². The number of hydrogen-bond acceptors (Lipinski definition) is 5. The topological polar surface area (TPSA) is 89.1 Å². The van der Waals surface area contributed by atoms with Crippen molar-refractivity contribution >= 4 is 5.97 Å². The first kappa shape index (κ1) is 13.7. The van der Waals surface area contributed by atoms with Crippen LogP contribution in [0, 0.1) is 5.92 Å². The monoisotopic (exact) mass is 287 g/mol. The van der Waals surface area contributed by atoms with Gasteiger partial charge in [-0.3, -0.25) is 9.78 Å². The van der Waals surface area contributed by atoms with Crippen molar-refractivity contribution in [1.82, 2.24) is 15.1 Å². The maximum atomic E-state index is 11.3. The van der Waals surface area contributed by atoms with Crippen LogP contribution in [0.5, 0.6) is 0 Å². The molecule has 0 bridgehead atoms. The molecule has 21 heavy (non-hydrogen) atoms. The van der Waals surface area contributed by atoms with Crippen LogP contribution in [-0.2, 0) is 11.2 Å². The SMILES string of the molecule is O=C(O)C1CCCCC1c1nc(Cc2cccnc2)no1. The zero-order valence-electron chi connectivity index (χ0n) is 11.6. The third kappa shape index (κ3) is 3.09. The average Bonchev–Trinajstić information content (AvgIpc) is 2.96. The Morgan fingerprint density at radius 3 is 3.00 bits per heavy atom. The summed E-state index contributed by atoms with van der Waals surface area (Å²) in [7, 11) is 0. The van der Waals surface area contributed by atoms with Crippen LogP contribution in [0.2, 0.25) is 0 Å². The van der Waals surface area contributed by atoms with Crippen LogP contribution in [0.1, 0.15) is 48.9 Å². The Hall–Kier alpha value is -2.24. The molecule has 2 unspecified atom stereocenters. The molecule has 110 valence electrons. The number of pyridine rings is 1. The van der Waals surface area contributed by atoms with E-state index in [0.717, 1.165) is 24.8 Å². The van der Waals surface area contributed by atoms with Gasteiger partial charge in [-0.15, -0.1) is 0 Å². The van der Waals surface area contributed by atoms with E-state index in [2.05, 4.69) is 15.1 Å². The second-order valence-corrected chi connectivity index (χ2v) is 5.42. The summed E-state index contributed by atoms with van der Waals surface area (Å²) in [4.78, 5) is 19.8. The third-order valence-corrected chi connectivity index (χ3v) is 3.97. The zero-order valence-corrected chi connectivity index (χ0v) is 11.6. The summed E-state index contributed by atoms with van der Waals surface area (Å²) < 4.78 is 5.31. The summed E-state index contributed by atoms with van der Waals surface area (Å²) in [6, 6.07) is 3.81. The van der Waals surface area contributed by atoms with Gasteiger partial charge in [0.15, 0.2) is 5.82 Å². The molecule has 2 aromatic rings. The minimum Gasteiger partial charge on any atom is -0.481 e. The summed E-state index contributed by atoms with van der Waals surface area (Å²) in [5.74, 6) is -0.308. The summed E-state index contributed by atoms with van der Waals surface area (Å²) in [5, 5.41) is 13.3. The van der Waals surface area contributed by atoms with Gasteiger partial charge in [-0.05, 0) is 24.5 Å². The predicted octanol–water partition coefficient (Wildman–Crippen LogP) is 2.41. The molecule has 6 heteroatoms. The standard InChI is InChI=1S/C15H17N3O3/c19-15(20)12-6-2-1-5-11(12)14-17-13(18-21-14)8-10-4-3-7-16-9-10/h3-4,7,9,11-12H,1-2,5-6,8H2,(H,19,20). The van der Waals surface area contributed by atoms with Gasteiger partial charge in [0.25, 0.3) is 0 Å². The first-order valence-corrected chi connectivity index (χ1v) is 7.18. The molecule has 1 fully saturated rings. The van der Waals surface area contributed by atoms with E-state index < -0.39 is 11.9 Å². The van der Waals surface area contributed by atoms with Gasteiger partial charge in [0.1, 0.15) is 0 Å². The lowest BCUT2D eigenvalue weighted by molar-refractivity contribution is -0.143. The molecule has 2 atom stereocenters. The second kappa shape index (κ2) is 6.03. The van der Waals surface area contributed by atoms with Gasteiger partial charge in [-0.1, -0.05) is 24.1 Å². The van der Waals surface area contributed by atoms with Gasteiger partial charge in [0.05, 0.1) is 11.8 Å². The highest BCUT2D eigenvalue weighted by atomic mass is 16.5. The van der Waals surface area contributed by atoms with Crippen molar-refractivity contribution in [3.63, 3.8) is 0 Å². The van der Waals surface area contributed by atoms with Crippen LogP contribution in [0.4, 0.5) is 0 Å². The number of carbonyl (C=O) groups is 1. The first-order chi connectivity index (χ1) is 10.2. The molecule has 1 aliphatic carbocycles. The summed E-state index contributed by atoms with van der Waals surface area (Å²) in [6.45, 7) is 0. The molecule has 2 heterocycles. The van der Waals surface area contributed by atoms with Crippen molar-refractivity contribution in [2.24, 2.45) is 5.92 Å². The van der Waals surface area contributed by atoms with Crippen LogP contribution >= 0.6 is 0 Å². The maximum absolute atomic E-state index is 11.3. The molecule has 0 amide bonds. The highest BCUT2D eigenvalue weighted by Gasteiger charge is 2.35. The number of hydrogen-bond donors (Lipinski definition) is 1. The number of carboxylic acids is 1. The molecule has 0 aromatic carbocycles. The fourth-order valence-corrected chi connectivity index (χ4v) is 2.90. The smallest absolute Gasteiger partial charge is 0.307 e. The van der Waals surface area contributed by atoms with Crippen LogP contribution in [0.15, 0.2) is 29.0 Å². The van der Waals surface area contributed by atoms with Crippen LogP contribution in [0.25, 0.3) is 0 Å². The van der Waals surface area contributed by atoms with E-state index in [9.17, 15) is 9.90 Å². The minimum atomic E-state index is -0.772. The zero-order chi connectivity index (χ0) is 14.7. The van der Waals surface area contributed by atoms with Crippen LogP contribution < -0.4 is 0 Å². The van der Waals surface area contributed by atoms with E-state index >= 15 is 0 Å². The van der Waals surface area contributed by atoms with E-state index in [1.165, 1.54) is 0 Å². The third-order valence-electron chi connectivity index (χ3n) is 3.97. The molecule has 0 saturated heterocycles. The molecule has 2 aromatic heterocycles. The van der Waals surface area contributed by atoms with Crippen molar-refractivity contribution in [2.75, 3.05) is 0 Å². The summed E-state index contributed by atoms with van der Waals surface area (Å²) in [5.41, 5.74) is 1.00. The van der Waals surface area contributed by atoms with E-state index in [1.807, 2.05) is 12.1 Å². The van der Waals surface area contributed by atoms with E-state index in [0.29, 0.717) is 24.6 Å². The summed E-state index contributed by atoms with van der Waals surface area (Å²) >= 11 is 0. The number of aromatic nitrogens is 3. The number of rotatable bonds is 4. The van der Waals surface area contributed by atoms with Gasteiger partial charge in [0.2, 0.25) is 5.89 Å². The van der Waals surface area contributed by atoms with Crippen LogP contribution in [0.3, 0.4) is 0 Å². The molecule has 0 radical (unpaired) electrons. The molecule has 3 rings (SSSR count). The Bertz CT molecular complexity index is 612. The van der Waals surface area contributed by atoms with Gasteiger partial charge in [-0.2, -0.15) is 4.98 Å². The number of carboxylic acid groups (broad SMARTS) is 1. The summed E-state index contributed by atoms with van der Waals surface area (Å²) in [6.07, 6.45) is 7.45. The van der Waals surface area contributed by atoms with Crippen LogP contribution in [-0.4, -0.2) is 26.2 Å². The lowest BCUT2D eigenvalue weighted by Gasteiger charge is -2.25. The quantitative estimate of drug-likeness (QED) is 0.928. The van der Waals surface area contributed by atoms with Crippen molar-refractivity contribution in [2.45, 2.75) is 38.0 Å². The lowest BCUT2D eigenvalue weighted by Crippen LogP contribution is -2.25. The molecule has 1 N–H and O–H groups in total. The normalized spacial score (nSPS) is 22.1. The highest BCUT2D eigenvalue weighted by molar-refractivity contribution is 5.71. The second-order valence-electron chi connectivity index (χ2n) is 5.42. The minimum absolute atomic E-state index is 0.161. The highest BCUT2D eigenvalue weighted by Crippen LogP contribution is 2.37. The first-order valence-electron chi connectivity index (χ1n) is 7.18. The Morgan fingerprint density at radius 2 is 2.24 bits per heavy atom.